The molecule has 0 aromatic heterocycles. The first-order valence-corrected chi connectivity index (χ1v) is 6.24. The predicted molar refractivity (Wildman–Crippen MR) is 74.5 cm³/mol. The average Bonchev–Trinajstić information content (AvgIpc) is 2.38. The van der Waals surface area contributed by atoms with Gasteiger partial charge in [-0.05, 0) is 32.4 Å². The summed E-state index contributed by atoms with van der Waals surface area (Å²) in [6.45, 7) is 5.62. The fraction of sp³-hybridized carbons (Fsp3) is 0.333. The van der Waals surface area contributed by atoms with Gasteiger partial charge in [0.05, 0.1) is 6.61 Å². The molecule has 1 atom stereocenters. The molecule has 0 saturated carbocycles. The maximum absolute atomic E-state index is 11.6. The van der Waals surface area contributed by atoms with Crippen LogP contribution >= 0.6 is 0 Å². The Labute approximate surface area is 113 Å². The number of carbonyl (C=O) groups excluding carboxylic acids is 2. The van der Waals surface area contributed by atoms with Crippen molar-refractivity contribution in [2.45, 2.75) is 26.8 Å². The van der Waals surface area contributed by atoms with Crippen LogP contribution in [0.5, 0.6) is 0 Å². The van der Waals surface area contributed by atoms with Crippen LogP contribution in [0.1, 0.15) is 25.0 Å². The summed E-state index contributed by atoms with van der Waals surface area (Å²) >= 11 is 0. The van der Waals surface area contributed by atoms with Gasteiger partial charge in [0.1, 0.15) is 6.04 Å². The highest BCUT2D eigenvalue weighted by atomic mass is 16.5. The van der Waals surface area contributed by atoms with E-state index in [1.165, 1.54) is 6.08 Å². The summed E-state index contributed by atoms with van der Waals surface area (Å²) in [5.41, 5.74) is 2.10. The summed E-state index contributed by atoms with van der Waals surface area (Å²) in [7, 11) is 0. The second kappa shape index (κ2) is 7.36. The zero-order valence-corrected chi connectivity index (χ0v) is 11.5. The zero-order valence-electron chi connectivity index (χ0n) is 11.5. The van der Waals surface area contributed by atoms with Gasteiger partial charge in [-0.25, -0.2) is 4.79 Å². The summed E-state index contributed by atoms with van der Waals surface area (Å²) in [5.74, 6) is -0.749. The third-order valence-corrected chi connectivity index (χ3v) is 2.50. The summed E-state index contributed by atoms with van der Waals surface area (Å²) in [4.78, 5) is 22.9. The van der Waals surface area contributed by atoms with Crippen molar-refractivity contribution in [2.75, 3.05) is 6.61 Å². The smallest absolute Gasteiger partial charge is 0.328 e. The fourth-order valence-electron chi connectivity index (χ4n) is 1.44. The van der Waals surface area contributed by atoms with E-state index < -0.39 is 12.0 Å². The lowest BCUT2D eigenvalue weighted by Crippen LogP contribution is -2.38. The molecule has 0 aliphatic rings. The van der Waals surface area contributed by atoms with E-state index in [4.69, 9.17) is 4.74 Å². The van der Waals surface area contributed by atoms with Gasteiger partial charge in [0.15, 0.2) is 0 Å². The third-order valence-electron chi connectivity index (χ3n) is 2.50. The first-order valence-electron chi connectivity index (χ1n) is 6.24. The molecular formula is C15H19NO3. The molecule has 4 nitrogen and oxygen atoms in total. The van der Waals surface area contributed by atoms with E-state index in [9.17, 15) is 9.59 Å². The van der Waals surface area contributed by atoms with E-state index in [2.05, 4.69) is 5.32 Å². The van der Waals surface area contributed by atoms with E-state index >= 15 is 0 Å². The van der Waals surface area contributed by atoms with Gasteiger partial charge in [-0.15, -0.1) is 0 Å². The van der Waals surface area contributed by atoms with E-state index in [1.807, 2.05) is 31.2 Å². The minimum absolute atomic E-state index is 0.304. The molecule has 1 amide bonds. The van der Waals surface area contributed by atoms with Crippen LogP contribution in [0.3, 0.4) is 0 Å². The molecule has 0 fully saturated rings. The van der Waals surface area contributed by atoms with E-state index in [1.54, 1.807) is 19.9 Å². The van der Waals surface area contributed by atoms with Crippen LogP contribution < -0.4 is 5.32 Å². The number of nitrogens with one attached hydrogen (secondary N) is 1. The molecular weight excluding hydrogens is 242 g/mol. The number of aryl methyl sites for hydroxylation is 1. The molecule has 1 rings (SSSR count). The molecule has 0 radical (unpaired) electrons. The normalized spacial score (nSPS) is 12.2. The Morgan fingerprint density at radius 2 is 1.95 bits per heavy atom. The number of hydrogen-bond acceptors (Lipinski definition) is 3. The standard InChI is InChI=1S/C15H19NO3/c1-4-19-15(18)12(3)16-14(17)10-9-13-7-5-11(2)6-8-13/h5-10,12H,4H2,1-3H3,(H,16,17). The molecule has 4 heteroatoms. The van der Waals surface area contributed by atoms with Crippen molar-refractivity contribution in [3.8, 4) is 0 Å². The Kier molecular flexibility index (Phi) is 5.79. The number of ether oxygens (including phenoxy) is 1. The zero-order chi connectivity index (χ0) is 14.3. The van der Waals surface area contributed by atoms with Crippen molar-refractivity contribution in [2.24, 2.45) is 0 Å². The van der Waals surface area contributed by atoms with Crippen molar-refractivity contribution < 1.29 is 14.3 Å². The van der Waals surface area contributed by atoms with Gasteiger partial charge in [0.2, 0.25) is 5.91 Å². The SMILES string of the molecule is CCOC(=O)C(C)NC(=O)C=Cc1ccc(C)cc1. The number of carbonyl (C=O) groups is 2. The van der Waals surface area contributed by atoms with Crippen molar-refractivity contribution in [3.63, 3.8) is 0 Å². The lowest BCUT2D eigenvalue weighted by atomic mass is 10.1. The van der Waals surface area contributed by atoms with Gasteiger partial charge < -0.3 is 10.1 Å². The molecule has 1 N–H and O–H groups in total. The number of esters is 1. The Morgan fingerprint density at radius 1 is 1.32 bits per heavy atom. The molecule has 1 aromatic rings. The van der Waals surface area contributed by atoms with Crippen LogP contribution in [-0.4, -0.2) is 24.5 Å². The second-order valence-electron chi connectivity index (χ2n) is 4.23. The fourth-order valence-corrected chi connectivity index (χ4v) is 1.44. The Balaban J connectivity index is 2.51. The van der Waals surface area contributed by atoms with E-state index in [0.29, 0.717) is 6.61 Å². The number of amides is 1. The van der Waals surface area contributed by atoms with Crippen LogP contribution in [0.15, 0.2) is 30.3 Å². The molecule has 0 bridgehead atoms. The quantitative estimate of drug-likeness (QED) is 0.652. The average molecular weight is 261 g/mol. The summed E-state index contributed by atoms with van der Waals surface area (Å²) in [6.07, 6.45) is 3.10. The Morgan fingerprint density at radius 3 is 2.53 bits per heavy atom. The van der Waals surface area contributed by atoms with Crippen molar-refractivity contribution >= 4 is 18.0 Å². The van der Waals surface area contributed by atoms with Crippen LogP contribution in [0.4, 0.5) is 0 Å². The lowest BCUT2D eigenvalue weighted by Gasteiger charge is -2.10. The predicted octanol–water partition coefficient (Wildman–Crippen LogP) is 2.08. The monoisotopic (exact) mass is 261 g/mol. The van der Waals surface area contributed by atoms with Crippen LogP contribution in [0, 0.1) is 6.92 Å². The maximum atomic E-state index is 11.6. The first-order chi connectivity index (χ1) is 9.02. The van der Waals surface area contributed by atoms with Crippen LogP contribution in [-0.2, 0) is 14.3 Å². The highest BCUT2D eigenvalue weighted by Gasteiger charge is 2.14. The topological polar surface area (TPSA) is 55.4 Å². The van der Waals surface area contributed by atoms with Crippen molar-refractivity contribution in [1.82, 2.24) is 5.32 Å². The molecule has 0 saturated heterocycles. The Hall–Kier alpha value is -2.10. The highest BCUT2D eigenvalue weighted by molar-refractivity contribution is 5.94. The maximum Gasteiger partial charge on any atom is 0.328 e. The molecule has 1 aromatic carbocycles. The van der Waals surface area contributed by atoms with Gasteiger partial charge in [0, 0.05) is 6.08 Å². The first kappa shape index (κ1) is 15.0. The van der Waals surface area contributed by atoms with E-state index in [0.717, 1.165) is 11.1 Å². The summed E-state index contributed by atoms with van der Waals surface area (Å²) < 4.78 is 4.80. The minimum Gasteiger partial charge on any atom is -0.464 e. The molecule has 0 heterocycles. The molecule has 1 unspecified atom stereocenters. The second-order valence-corrected chi connectivity index (χ2v) is 4.23. The molecule has 102 valence electrons. The van der Waals surface area contributed by atoms with Crippen LogP contribution in [0.25, 0.3) is 6.08 Å². The highest BCUT2D eigenvalue weighted by Crippen LogP contribution is 2.04. The van der Waals surface area contributed by atoms with Gasteiger partial charge in [0.25, 0.3) is 0 Å². The van der Waals surface area contributed by atoms with Gasteiger partial charge in [-0.3, -0.25) is 4.79 Å². The largest absolute Gasteiger partial charge is 0.464 e. The number of rotatable bonds is 5. The third kappa shape index (κ3) is 5.38. The van der Waals surface area contributed by atoms with Gasteiger partial charge >= 0.3 is 5.97 Å². The van der Waals surface area contributed by atoms with E-state index in [-0.39, 0.29) is 5.91 Å². The van der Waals surface area contributed by atoms with Crippen LogP contribution in [0.2, 0.25) is 0 Å². The van der Waals surface area contributed by atoms with Gasteiger partial charge in [-0.1, -0.05) is 29.8 Å². The molecule has 0 spiro atoms. The molecule has 0 aliphatic carbocycles. The molecule has 0 aliphatic heterocycles. The Bertz CT molecular complexity index is 463. The summed E-state index contributed by atoms with van der Waals surface area (Å²) in [6, 6.07) is 7.15. The minimum atomic E-state index is -0.643. The molecule has 19 heavy (non-hydrogen) atoms. The van der Waals surface area contributed by atoms with Crippen molar-refractivity contribution in [1.29, 1.82) is 0 Å². The summed E-state index contributed by atoms with van der Waals surface area (Å²) in [5, 5.41) is 2.55. The number of hydrogen-bond donors (Lipinski definition) is 1. The van der Waals surface area contributed by atoms with Crippen molar-refractivity contribution in [3.05, 3.63) is 41.5 Å². The van der Waals surface area contributed by atoms with Gasteiger partial charge in [-0.2, -0.15) is 0 Å². The number of benzene rings is 1. The lowest BCUT2D eigenvalue weighted by molar-refractivity contribution is -0.146.